The topological polar surface area (TPSA) is 99.1 Å². The molecule has 9 nitrogen and oxygen atoms in total. The van der Waals surface area contributed by atoms with Gasteiger partial charge in [0.1, 0.15) is 6.17 Å². The van der Waals surface area contributed by atoms with E-state index in [1.54, 1.807) is 11.8 Å². The lowest BCUT2D eigenvalue weighted by Crippen LogP contribution is -2.56. The van der Waals surface area contributed by atoms with Crippen molar-refractivity contribution in [3.8, 4) is 5.75 Å². The molecule has 0 saturated carbocycles. The lowest BCUT2D eigenvalue weighted by molar-refractivity contribution is 0.00550. The van der Waals surface area contributed by atoms with Crippen LogP contribution in [-0.4, -0.2) is 47.7 Å². The van der Waals surface area contributed by atoms with E-state index in [9.17, 15) is 14.4 Å². The second-order valence-electron chi connectivity index (χ2n) is 5.46. The molecule has 1 aromatic rings. The van der Waals surface area contributed by atoms with Crippen LogP contribution in [-0.2, 0) is 9.47 Å². The van der Waals surface area contributed by atoms with Crippen LogP contribution in [0.1, 0.15) is 36.7 Å². The SMILES string of the molecule is CCOC(=O)OCOc1c2n(ccc1=O)NC1CCCCN1C2=O. The standard InChI is InChI=1S/C15H19N3O6/c1-2-22-15(21)24-9-23-13-10(19)6-8-18-12(13)14(20)17-7-4-3-5-11(17)16-18/h6,8,11,16H,2-5,7,9H2,1H3. The van der Waals surface area contributed by atoms with E-state index < -0.39 is 18.4 Å². The third kappa shape index (κ3) is 3.01. The van der Waals surface area contributed by atoms with Gasteiger partial charge in [-0.2, -0.15) is 0 Å². The highest BCUT2D eigenvalue weighted by Crippen LogP contribution is 2.26. The van der Waals surface area contributed by atoms with Gasteiger partial charge in [-0.25, -0.2) is 4.79 Å². The first-order valence-electron chi connectivity index (χ1n) is 7.87. The van der Waals surface area contributed by atoms with Crippen molar-refractivity contribution in [2.24, 2.45) is 0 Å². The molecule has 1 N–H and O–H groups in total. The second-order valence-corrected chi connectivity index (χ2v) is 5.46. The van der Waals surface area contributed by atoms with Crippen molar-refractivity contribution in [1.82, 2.24) is 9.58 Å². The molecule has 24 heavy (non-hydrogen) atoms. The van der Waals surface area contributed by atoms with Gasteiger partial charge in [0.15, 0.2) is 5.69 Å². The number of ether oxygens (including phenoxy) is 3. The molecule has 2 aliphatic heterocycles. The fraction of sp³-hybridized carbons (Fsp3) is 0.533. The van der Waals surface area contributed by atoms with Gasteiger partial charge in [0.25, 0.3) is 5.91 Å². The molecule has 0 spiro atoms. The summed E-state index contributed by atoms with van der Waals surface area (Å²) in [5, 5.41) is 0. The number of rotatable bonds is 4. The summed E-state index contributed by atoms with van der Waals surface area (Å²) in [6.45, 7) is 1.92. The fourth-order valence-corrected chi connectivity index (χ4v) is 2.87. The van der Waals surface area contributed by atoms with E-state index in [1.807, 2.05) is 0 Å². The van der Waals surface area contributed by atoms with Crippen LogP contribution in [0.25, 0.3) is 0 Å². The minimum Gasteiger partial charge on any atom is -0.451 e. The molecule has 1 aromatic heterocycles. The minimum atomic E-state index is -0.900. The Labute approximate surface area is 138 Å². The van der Waals surface area contributed by atoms with Gasteiger partial charge in [0.2, 0.25) is 18.0 Å². The number of nitrogens with zero attached hydrogens (tertiary/aromatic N) is 2. The predicted molar refractivity (Wildman–Crippen MR) is 82.3 cm³/mol. The average Bonchev–Trinajstić information content (AvgIpc) is 2.57. The Bertz CT molecular complexity index is 701. The van der Waals surface area contributed by atoms with E-state index in [0.29, 0.717) is 6.54 Å². The lowest BCUT2D eigenvalue weighted by Gasteiger charge is -2.41. The van der Waals surface area contributed by atoms with Crippen LogP contribution in [0.3, 0.4) is 0 Å². The Morgan fingerprint density at radius 2 is 2.17 bits per heavy atom. The van der Waals surface area contributed by atoms with Crippen molar-refractivity contribution in [3.05, 3.63) is 28.2 Å². The zero-order chi connectivity index (χ0) is 17.1. The van der Waals surface area contributed by atoms with E-state index in [4.69, 9.17) is 9.47 Å². The quantitative estimate of drug-likeness (QED) is 0.643. The van der Waals surface area contributed by atoms with Crippen LogP contribution in [0.2, 0.25) is 0 Å². The molecule has 0 aliphatic carbocycles. The van der Waals surface area contributed by atoms with E-state index in [0.717, 1.165) is 19.3 Å². The molecule has 3 heterocycles. The molecular weight excluding hydrogens is 318 g/mol. The molecule has 1 atom stereocenters. The highest BCUT2D eigenvalue weighted by Gasteiger charge is 2.36. The fourth-order valence-electron chi connectivity index (χ4n) is 2.87. The van der Waals surface area contributed by atoms with Gasteiger partial charge in [-0.05, 0) is 26.2 Å². The molecular formula is C15H19N3O6. The largest absolute Gasteiger partial charge is 0.511 e. The highest BCUT2D eigenvalue weighted by molar-refractivity contribution is 5.96. The Morgan fingerprint density at radius 1 is 1.33 bits per heavy atom. The maximum atomic E-state index is 12.7. The van der Waals surface area contributed by atoms with Gasteiger partial charge in [0, 0.05) is 18.8 Å². The van der Waals surface area contributed by atoms with Crippen molar-refractivity contribution in [2.75, 3.05) is 25.4 Å². The molecule has 0 aromatic carbocycles. The Balaban J connectivity index is 1.82. The van der Waals surface area contributed by atoms with Crippen molar-refractivity contribution in [1.29, 1.82) is 0 Å². The number of pyridine rings is 1. The molecule has 1 amide bonds. The molecule has 9 heteroatoms. The summed E-state index contributed by atoms with van der Waals surface area (Å²) in [6, 6.07) is 1.29. The molecule has 1 unspecified atom stereocenters. The smallest absolute Gasteiger partial charge is 0.451 e. The number of hydrogen-bond donors (Lipinski definition) is 1. The first-order chi connectivity index (χ1) is 11.6. The number of carbonyl (C=O) groups excluding carboxylic acids is 2. The van der Waals surface area contributed by atoms with Crippen molar-refractivity contribution in [3.63, 3.8) is 0 Å². The molecule has 1 fully saturated rings. The lowest BCUT2D eigenvalue weighted by atomic mass is 10.1. The number of hydrogen-bond acceptors (Lipinski definition) is 7. The first-order valence-corrected chi connectivity index (χ1v) is 7.87. The van der Waals surface area contributed by atoms with E-state index >= 15 is 0 Å². The Hall–Kier alpha value is -2.71. The Kier molecular flexibility index (Phi) is 4.59. The summed E-state index contributed by atoms with van der Waals surface area (Å²) in [5.74, 6) is -0.425. The summed E-state index contributed by atoms with van der Waals surface area (Å²) in [5.41, 5.74) is 2.83. The third-order valence-corrected chi connectivity index (χ3v) is 3.95. The van der Waals surface area contributed by atoms with Gasteiger partial charge in [-0.15, -0.1) is 0 Å². The van der Waals surface area contributed by atoms with Gasteiger partial charge in [-0.1, -0.05) is 0 Å². The van der Waals surface area contributed by atoms with E-state index in [1.165, 1.54) is 16.9 Å². The van der Waals surface area contributed by atoms with Crippen LogP contribution in [0.5, 0.6) is 5.75 Å². The summed E-state index contributed by atoms with van der Waals surface area (Å²) < 4.78 is 16.1. The zero-order valence-corrected chi connectivity index (χ0v) is 13.3. The highest BCUT2D eigenvalue weighted by atomic mass is 16.8. The van der Waals surface area contributed by atoms with Crippen LogP contribution in [0.4, 0.5) is 4.79 Å². The van der Waals surface area contributed by atoms with Crippen LogP contribution < -0.4 is 15.6 Å². The van der Waals surface area contributed by atoms with Crippen molar-refractivity contribution in [2.45, 2.75) is 32.4 Å². The van der Waals surface area contributed by atoms with Crippen LogP contribution in [0, 0.1) is 0 Å². The number of piperidine rings is 1. The van der Waals surface area contributed by atoms with Crippen molar-refractivity contribution < 1.29 is 23.8 Å². The average molecular weight is 337 g/mol. The molecule has 130 valence electrons. The number of amides is 1. The summed E-state index contributed by atoms with van der Waals surface area (Å²) in [7, 11) is 0. The molecule has 0 radical (unpaired) electrons. The number of nitrogens with one attached hydrogen (secondary N) is 1. The second kappa shape index (κ2) is 6.81. The zero-order valence-electron chi connectivity index (χ0n) is 13.3. The molecule has 1 saturated heterocycles. The predicted octanol–water partition coefficient (Wildman–Crippen LogP) is 0.867. The molecule has 3 rings (SSSR count). The Morgan fingerprint density at radius 3 is 2.96 bits per heavy atom. The van der Waals surface area contributed by atoms with Crippen molar-refractivity contribution >= 4 is 12.1 Å². The summed E-state index contributed by atoms with van der Waals surface area (Å²) in [4.78, 5) is 37.7. The number of fused-ring (bicyclic) bond motifs is 2. The van der Waals surface area contributed by atoms with Gasteiger partial charge in [-0.3, -0.25) is 14.3 Å². The molecule has 2 aliphatic rings. The number of carbonyl (C=O) groups is 2. The maximum absolute atomic E-state index is 12.7. The molecule has 0 bridgehead atoms. The maximum Gasteiger partial charge on any atom is 0.511 e. The summed E-state index contributed by atoms with van der Waals surface area (Å²) in [6.07, 6.45) is 3.31. The van der Waals surface area contributed by atoms with Crippen LogP contribution >= 0.6 is 0 Å². The first kappa shape index (κ1) is 16.2. The minimum absolute atomic E-state index is 0.0927. The van der Waals surface area contributed by atoms with Gasteiger partial charge >= 0.3 is 6.16 Å². The third-order valence-electron chi connectivity index (χ3n) is 3.95. The van der Waals surface area contributed by atoms with Crippen LogP contribution in [0.15, 0.2) is 17.1 Å². The van der Waals surface area contributed by atoms with Gasteiger partial charge in [0.05, 0.1) is 6.61 Å². The summed E-state index contributed by atoms with van der Waals surface area (Å²) >= 11 is 0. The van der Waals surface area contributed by atoms with E-state index in [-0.39, 0.29) is 30.1 Å². The van der Waals surface area contributed by atoms with Gasteiger partial charge < -0.3 is 24.5 Å². The van der Waals surface area contributed by atoms with E-state index in [2.05, 4.69) is 10.2 Å². The number of aromatic nitrogens is 1. The monoisotopic (exact) mass is 337 g/mol. The normalized spacial score (nSPS) is 19.0.